The number of hydrogen-bond donors (Lipinski definition) is 1. The van der Waals surface area contributed by atoms with Gasteiger partial charge in [-0.1, -0.05) is 20.8 Å². The molecule has 0 aromatic heterocycles. The lowest BCUT2D eigenvalue weighted by Crippen LogP contribution is -2.47. The Morgan fingerprint density at radius 2 is 1.62 bits per heavy atom. The van der Waals surface area contributed by atoms with Crippen LogP contribution in [-0.2, 0) is 4.79 Å². The van der Waals surface area contributed by atoms with Crippen LogP contribution in [0.4, 0.5) is 8.78 Å². The fourth-order valence-electron chi connectivity index (χ4n) is 0.540. The number of carbonyl (C=O) groups is 1. The molecule has 13 heavy (non-hydrogen) atoms. The summed E-state index contributed by atoms with van der Waals surface area (Å²) in [6.45, 7) is 7.14. The molecule has 0 aliphatic heterocycles. The average Bonchev–Trinajstić information content (AvgIpc) is 1.82. The first-order valence-electron chi connectivity index (χ1n) is 4.24. The van der Waals surface area contributed by atoms with E-state index in [1.165, 1.54) is 6.92 Å². The van der Waals surface area contributed by atoms with Gasteiger partial charge in [0.1, 0.15) is 0 Å². The predicted octanol–water partition coefficient (Wildman–Crippen LogP) is 2.19. The molecule has 0 aromatic rings. The summed E-state index contributed by atoms with van der Waals surface area (Å²) in [7, 11) is 0. The molecular formula is C9H17F2NO. The number of rotatable bonds is 2. The third-order valence-electron chi connectivity index (χ3n) is 1.79. The molecule has 0 aliphatic carbocycles. The first-order chi connectivity index (χ1) is 5.55. The molecule has 2 nitrogen and oxygen atoms in total. The van der Waals surface area contributed by atoms with Crippen LogP contribution < -0.4 is 5.32 Å². The van der Waals surface area contributed by atoms with Gasteiger partial charge in [-0.25, -0.2) is 8.78 Å². The molecule has 0 aliphatic rings. The van der Waals surface area contributed by atoms with Crippen molar-refractivity contribution in [3.8, 4) is 0 Å². The highest BCUT2D eigenvalue weighted by Gasteiger charge is 2.33. The quantitative estimate of drug-likeness (QED) is 0.715. The van der Waals surface area contributed by atoms with Crippen LogP contribution in [0.15, 0.2) is 0 Å². The SMILES string of the molecule is CC(NC(=O)C(C)(C)C)C(C)(F)F. The van der Waals surface area contributed by atoms with Gasteiger partial charge in [0.2, 0.25) is 5.91 Å². The molecular weight excluding hydrogens is 176 g/mol. The number of halogens is 2. The fraction of sp³-hybridized carbons (Fsp3) is 0.889. The van der Waals surface area contributed by atoms with E-state index in [4.69, 9.17) is 0 Å². The summed E-state index contributed by atoms with van der Waals surface area (Å²) in [5, 5.41) is 2.27. The second-order valence-electron chi connectivity index (χ2n) is 4.40. The second kappa shape index (κ2) is 3.60. The largest absolute Gasteiger partial charge is 0.347 e. The van der Waals surface area contributed by atoms with Crippen LogP contribution in [0.25, 0.3) is 0 Å². The van der Waals surface area contributed by atoms with E-state index in [2.05, 4.69) is 5.32 Å². The number of hydrogen-bond acceptors (Lipinski definition) is 1. The van der Waals surface area contributed by atoms with Gasteiger partial charge in [0.05, 0.1) is 6.04 Å². The van der Waals surface area contributed by atoms with Crippen LogP contribution in [-0.4, -0.2) is 17.9 Å². The standard InChI is InChI=1S/C9H17F2NO/c1-6(9(5,10)11)12-7(13)8(2,3)4/h6H,1-5H3,(H,12,13). The number of nitrogens with one attached hydrogen (secondary N) is 1. The van der Waals surface area contributed by atoms with E-state index in [0.717, 1.165) is 6.92 Å². The van der Waals surface area contributed by atoms with Crippen LogP contribution in [0, 0.1) is 5.41 Å². The maximum absolute atomic E-state index is 12.6. The van der Waals surface area contributed by atoms with Crippen LogP contribution in [0.3, 0.4) is 0 Å². The van der Waals surface area contributed by atoms with Gasteiger partial charge >= 0.3 is 0 Å². The van der Waals surface area contributed by atoms with Gasteiger partial charge in [0.25, 0.3) is 5.92 Å². The summed E-state index contributed by atoms with van der Waals surface area (Å²) in [6, 6.07) is -1.13. The smallest absolute Gasteiger partial charge is 0.264 e. The van der Waals surface area contributed by atoms with Crippen molar-refractivity contribution in [2.75, 3.05) is 0 Å². The summed E-state index contributed by atoms with van der Waals surface area (Å²) in [6.07, 6.45) is 0. The Bertz CT molecular complexity index is 191. The molecule has 0 radical (unpaired) electrons. The molecule has 1 amide bonds. The van der Waals surface area contributed by atoms with Crippen LogP contribution in [0.1, 0.15) is 34.6 Å². The Labute approximate surface area is 77.7 Å². The van der Waals surface area contributed by atoms with Crippen molar-refractivity contribution in [1.29, 1.82) is 0 Å². The molecule has 78 valence electrons. The van der Waals surface area contributed by atoms with E-state index in [1.807, 2.05) is 0 Å². The molecule has 0 saturated carbocycles. The second-order valence-corrected chi connectivity index (χ2v) is 4.40. The molecule has 0 spiro atoms. The zero-order valence-electron chi connectivity index (χ0n) is 8.74. The minimum atomic E-state index is -2.87. The fourth-order valence-corrected chi connectivity index (χ4v) is 0.540. The van der Waals surface area contributed by atoms with Gasteiger partial charge in [-0.15, -0.1) is 0 Å². The summed E-state index contributed by atoms with van der Waals surface area (Å²) in [5.41, 5.74) is -0.625. The number of amides is 1. The van der Waals surface area contributed by atoms with E-state index in [-0.39, 0.29) is 5.91 Å². The minimum absolute atomic E-state index is 0.360. The zero-order chi connectivity index (χ0) is 10.9. The third-order valence-corrected chi connectivity index (χ3v) is 1.79. The normalized spacial score (nSPS) is 15.3. The van der Waals surface area contributed by atoms with Gasteiger partial charge in [0.15, 0.2) is 0 Å². The lowest BCUT2D eigenvalue weighted by Gasteiger charge is -2.25. The van der Waals surface area contributed by atoms with Crippen LogP contribution in [0.2, 0.25) is 0 Å². The van der Waals surface area contributed by atoms with Gasteiger partial charge in [0, 0.05) is 12.3 Å². The Morgan fingerprint density at radius 1 is 1.23 bits per heavy atom. The lowest BCUT2D eigenvalue weighted by atomic mass is 9.95. The van der Waals surface area contributed by atoms with E-state index in [1.54, 1.807) is 20.8 Å². The Morgan fingerprint density at radius 3 is 1.85 bits per heavy atom. The topological polar surface area (TPSA) is 29.1 Å². The molecule has 1 unspecified atom stereocenters. The average molecular weight is 193 g/mol. The van der Waals surface area contributed by atoms with Crippen molar-refractivity contribution in [2.24, 2.45) is 5.41 Å². The van der Waals surface area contributed by atoms with Crippen molar-refractivity contribution >= 4 is 5.91 Å². The van der Waals surface area contributed by atoms with E-state index < -0.39 is 17.4 Å². The van der Waals surface area contributed by atoms with Crippen molar-refractivity contribution < 1.29 is 13.6 Å². The molecule has 0 saturated heterocycles. The number of carbonyl (C=O) groups excluding carboxylic acids is 1. The molecule has 1 N–H and O–H groups in total. The van der Waals surface area contributed by atoms with Gasteiger partial charge < -0.3 is 5.32 Å². The Kier molecular flexibility index (Phi) is 3.41. The molecule has 0 rings (SSSR count). The van der Waals surface area contributed by atoms with Crippen molar-refractivity contribution in [3.05, 3.63) is 0 Å². The molecule has 0 aromatic carbocycles. The molecule has 0 fully saturated rings. The van der Waals surface area contributed by atoms with Crippen molar-refractivity contribution in [3.63, 3.8) is 0 Å². The summed E-state index contributed by atoms with van der Waals surface area (Å²) in [4.78, 5) is 11.3. The molecule has 0 bridgehead atoms. The highest BCUT2D eigenvalue weighted by molar-refractivity contribution is 5.81. The van der Waals surface area contributed by atoms with Crippen molar-refractivity contribution in [2.45, 2.75) is 46.6 Å². The predicted molar refractivity (Wildman–Crippen MR) is 47.7 cm³/mol. The van der Waals surface area contributed by atoms with E-state index in [0.29, 0.717) is 0 Å². The monoisotopic (exact) mass is 193 g/mol. The van der Waals surface area contributed by atoms with Gasteiger partial charge in [-0.2, -0.15) is 0 Å². The van der Waals surface area contributed by atoms with Crippen molar-refractivity contribution in [1.82, 2.24) is 5.32 Å². The first-order valence-corrected chi connectivity index (χ1v) is 4.24. The summed E-state index contributed by atoms with van der Waals surface area (Å²) >= 11 is 0. The Balaban J connectivity index is 4.24. The highest BCUT2D eigenvalue weighted by Crippen LogP contribution is 2.19. The van der Waals surface area contributed by atoms with Crippen LogP contribution >= 0.6 is 0 Å². The molecule has 1 atom stereocenters. The highest BCUT2D eigenvalue weighted by atomic mass is 19.3. The minimum Gasteiger partial charge on any atom is -0.347 e. The summed E-state index contributed by atoms with van der Waals surface area (Å²) < 4.78 is 25.3. The lowest BCUT2D eigenvalue weighted by molar-refractivity contribution is -0.132. The van der Waals surface area contributed by atoms with E-state index >= 15 is 0 Å². The maximum Gasteiger partial charge on any atom is 0.264 e. The Hall–Kier alpha value is -0.670. The van der Waals surface area contributed by atoms with Crippen LogP contribution in [0.5, 0.6) is 0 Å². The maximum atomic E-state index is 12.6. The third kappa shape index (κ3) is 4.20. The zero-order valence-corrected chi connectivity index (χ0v) is 8.74. The first kappa shape index (κ1) is 12.3. The number of alkyl halides is 2. The van der Waals surface area contributed by atoms with Gasteiger partial charge in [-0.05, 0) is 6.92 Å². The summed E-state index contributed by atoms with van der Waals surface area (Å²) in [5.74, 6) is -3.23. The van der Waals surface area contributed by atoms with Gasteiger partial charge in [-0.3, -0.25) is 4.79 Å². The molecule has 4 heteroatoms. The molecule has 0 heterocycles. The van der Waals surface area contributed by atoms with E-state index in [9.17, 15) is 13.6 Å².